The Kier molecular flexibility index (Phi) is 4.88. The van der Waals surface area contributed by atoms with Gasteiger partial charge in [0.15, 0.2) is 11.6 Å². The van der Waals surface area contributed by atoms with Crippen molar-refractivity contribution < 1.29 is 18.4 Å². The van der Waals surface area contributed by atoms with Crippen molar-refractivity contribution in [2.75, 3.05) is 13.1 Å². The fraction of sp³-hybridized carbons (Fsp3) is 0.467. The molecule has 21 heavy (non-hydrogen) atoms. The number of piperidine rings is 1. The van der Waals surface area contributed by atoms with Gasteiger partial charge in [-0.2, -0.15) is 0 Å². The van der Waals surface area contributed by atoms with Gasteiger partial charge in [-0.1, -0.05) is 6.07 Å². The summed E-state index contributed by atoms with van der Waals surface area (Å²) < 4.78 is 26.6. The fourth-order valence-corrected chi connectivity index (χ4v) is 2.40. The Morgan fingerprint density at radius 1 is 1.19 bits per heavy atom. The maximum Gasteiger partial charge on any atom is 0.255 e. The first kappa shape index (κ1) is 15.4. The smallest absolute Gasteiger partial charge is 0.255 e. The van der Waals surface area contributed by atoms with E-state index in [9.17, 15) is 18.4 Å². The number of nitrogens with one attached hydrogen (secondary N) is 1. The van der Waals surface area contributed by atoms with Gasteiger partial charge in [0, 0.05) is 13.1 Å². The zero-order valence-electron chi connectivity index (χ0n) is 11.9. The molecule has 1 N–H and O–H groups in total. The summed E-state index contributed by atoms with van der Waals surface area (Å²) in [6, 6.07) is 2.61. The van der Waals surface area contributed by atoms with Crippen LogP contribution in [-0.4, -0.2) is 35.8 Å². The molecule has 2 rings (SSSR count). The minimum atomic E-state index is -1.20. The molecule has 0 radical (unpaired) electrons. The van der Waals surface area contributed by atoms with Crippen LogP contribution in [0.25, 0.3) is 0 Å². The van der Waals surface area contributed by atoms with Crippen molar-refractivity contribution in [2.45, 2.75) is 32.2 Å². The largest absolute Gasteiger partial charge is 0.341 e. The number of carbonyl (C=O) groups is 2. The highest BCUT2D eigenvalue weighted by Gasteiger charge is 2.25. The highest BCUT2D eigenvalue weighted by Crippen LogP contribution is 2.13. The van der Waals surface area contributed by atoms with E-state index in [0.29, 0.717) is 13.1 Å². The second-order valence-corrected chi connectivity index (χ2v) is 5.18. The summed E-state index contributed by atoms with van der Waals surface area (Å²) in [5, 5.41) is 2.42. The summed E-state index contributed by atoms with van der Waals surface area (Å²) >= 11 is 0. The van der Waals surface area contributed by atoms with Crippen molar-refractivity contribution in [3.63, 3.8) is 0 Å². The van der Waals surface area contributed by atoms with Crippen LogP contribution in [0.3, 0.4) is 0 Å². The van der Waals surface area contributed by atoms with E-state index in [1.165, 1.54) is 12.1 Å². The summed E-state index contributed by atoms with van der Waals surface area (Å²) in [6.07, 6.45) is 2.99. The Morgan fingerprint density at radius 2 is 1.86 bits per heavy atom. The first-order valence-corrected chi connectivity index (χ1v) is 7.04. The van der Waals surface area contributed by atoms with Gasteiger partial charge < -0.3 is 10.2 Å². The van der Waals surface area contributed by atoms with E-state index in [2.05, 4.69) is 5.32 Å². The van der Waals surface area contributed by atoms with E-state index >= 15 is 0 Å². The predicted molar refractivity (Wildman–Crippen MR) is 73.7 cm³/mol. The molecule has 1 unspecified atom stereocenters. The van der Waals surface area contributed by atoms with Crippen LogP contribution >= 0.6 is 0 Å². The van der Waals surface area contributed by atoms with Gasteiger partial charge in [-0.25, -0.2) is 8.78 Å². The molecule has 1 heterocycles. The van der Waals surface area contributed by atoms with Crippen LogP contribution in [0.15, 0.2) is 18.2 Å². The van der Waals surface area contributed by atoms with Gasteiger partial charge in [-0.3, -0.25) is 9.59 Å². The molecule has 1 aromatic rings. The number of carbonyl (C=O) groups excluding carboxylic acids is 2. The molecular formula is C15H18F2N2O2. The van der Waals surface area contributed by atoms with E-state index < -0.39 is 29.1 Å². The Hall–Kier alpha value is -1.98. The van der Waals surface area contributed by atoms with Crippen molar-refractivity contribution >= 4 is 11.8 Å². The molecule has 1 aliphatic heterocycles. The maximum atomic E-state index is 13.5. The number of hydrogen-bond donors (Lipinski definition) is 1. The molecule has 0 bridgehead atoms. The Labute approximate surface area is 122 Å². The summed E-state index contributed by atoms with van der Waals surface area (Å²) in [4.78, 5) is 25.8. The van der Waals surface area contributed by atoms with Crippen LogP contribution in [0.5, 0.6) is 0 Å². The van der Waals surface area contributed by atoms with Crippen molar-refractivity contribution in [2.24, 2.45) is 0 Å². The van der Waals surface area contributed by atoms with Gasteiger partial charge in [0.25, 0.3) is 5.91 Å². The molecular weight excluding hydrogens is 278 g/mol. The molecule has 0 aromatic heterocycles. The number of benzene rings is 1. The standard InChI is InChI=1S/C15H18F2N2O2/c1-10(15(21)19-8-3-2-4-9-19)18-14(20)11-6-5-7-12(16)13(11)17/h5-7,10H,2-4,8-9H2,1H3,(H,18,20). The van der Waals surface area contributed by atoms with Crippen LogP contribution in [0, 0.1) is 11.6 Å². The molecule has 2 amide bonds. The fourth-order valence-electron chi connectivity index (χ4n) is 2.40. The highest BCUT2D eigenvalue weighted by atomic mass is 19.2. The number of nitrogens with zero attached hydrogens (tertiary/aromatic N) is 1. The first-order chi connectivity index (χ1) is 10.0. The number of halogens is 2. The molecule has 6 heteroatoms. The number of rotatable bonds is 3. The van der Waals surface area contributed by atoms with Crippen molar-refractivity contribution in [1.82, 2.24) is 10.2 Å². The van der Waals surface area contributed by atoms with Gasteiger partial charge in [-0.05, 0) is 38.3 Å². The minimum absolute atomic E-state index is 0.195. The lowest BCUT2D eigenvalue weighted by Gasteiger charge is -2.29. The normalized spacial score (nSPS) is 16.4. The molecule has 1 aliphatic rings. The lowest BCUT2D eigenvalue weighted by atomic mass is 10.1. The zero-order chi connectivity index (χ0) is 15.4. The molecule has 1 atom stereocenters. The van der Waals surface area contributed by atoms with E-state index in [1.807, 2.05) is 0 Å². The quantitative estimate of drug-likeness (QED) is 0.928. The third-order valence-corrected chi connectivity index (χ3v) is 3.58. The second-order valence-electron chi connectivity index (χ2n) is 5.18. The Balaban J connectivity index is 2.01. The van der Waals surface area contributed by atoms with E-state index in [-0.39, 0.29) is 5.91 Å². The van der Waals surface area contributed by atoms with Crippen molar-refractivity contribution in [3.8, 4) is 0 Å². The SMILES string of the molecule is CC(NC(=O)c1cccc(F)c1F)C(=O)N1CCCCC1. The molecule has 1 aromatic carbocycles. The first-order valence-electron chi connectivity index (χ1n) is 7.04. The molecule has 114 valence electrons. The van der Waals surface area contributed by atoms with Gasteiger partial charge >= 0.3 is 0 Å². The highest BCUT2D eigenvalue weighted by molar-refractivity contribution is 5.97. The van der Waals surface area contributed by atoms with Crippen LogP contribution in [0.2, 0.25) is 0 Å². The van der Waals surface area contributed by atoms with Gasteiger partial charge in [-0.15, -0.1) is 0 Å². The van der Waals surface area contributed by atoms with Gasteiger partial charge in [0.2, 0.25) is 5.91 Å². The third-order valence-electron chi connectivity index (χ3n) is 3.58. The molecule has 0 spiro atoms. The number of likely N-dealkylation sites (tertiary alicyclic amines) is 1. The zero-order valence-corrected chi connectivity index (χ0v) is 11.9. The molecule has 4 nitrogen and oxygen atoms in total. The molecule has 1 saturated heterocycles. The monoisotopic (exact) mass is 296 g/mol. The van der Waals surface area contributed by atoms with Gasteiger partial charge in [0.1, 0.15) is 6.04 Å². The van der Waals surface area contributed by atoms with Gasteiger partial charge in [0.05, 0.1) is 5.56 Å². The minimum Gasteiger partial charge on any atom is -0.341 e. The van der Waals surface area contributed by atoms with Crippen LogP contribution < -0.4 is 5.32 Å². The third kappa shape index (κ3) is 3.56. The van der Waals surface area contributed by atoms with Crippen molar-refractivity contribution in [1.29, 1.82) is 0 Å². The van der Waals surface area contributed by atoms with E-state index in [1.54, 1.807) is 11.8 Å². The molecule has 0 saturated carbocycles. The van der Waals surface area contributed by atoms with E-state index in [4.69, 9.17) is 0 Å². The number of hydrogen-bond acceptors (Lipinski definition) is 2. The van der Waals surface area contributed by atoms with Crippen LogP contribution in [0.4, 0.5) is 8.78 Å². The predicted octanol–water partition coefficient (Wildman–Crippen LogP) is 2.10. The Morgan fingerprint density at radius 3 is 2.52 bits per heavy atom. The average Bonchev–Trinajstić information content (AvgIpc) is 2.50. The Bertz CT molecular complexity index is 542. The lowest BCUT2D eigenvalue weighted by Crippen LogP contribution is -2.48. The maximum absolute atomic E-state index is 13.5. The second kappa shape index (κ2) is 6.65. The summed E-state index contributed by atoms with van der Waals surface area (Å²) in [5.41, 5.74) is -0.395. The van der Waals surface area contributed by atoms with E-state index in [0.717, 1.165) is 25.3 Å². The molecule has 0 aliphatic carbocycles. The van der Waals surface area contributed by atoms with Crippen molar-refractivity contribution in [3.05, 3.63) is 35.4 Å². The van der Waals surface area contributed by atoms with Crippen LogP contribution in [-0.2, 0) is 4.79 Å². The number of amides is 2. The lowest BCUT2D eigenvalue weighted by molar-refractivity contribution is -0.133. The molecule has 1 fully saturated rings. The summed E-state index contributed by atoms with van der Waals surface area (Å²) in [6.45, 7) is 2.90. The summed E-state index contributed by atoms with van der Waals surface area (Å²) in [7, 11) is 0. The average molecular weight is 296 g/mol. The topological polar surface area (TPSA) is 49.4 Å². The van der Waals surface area contributed by atoms with Crippen LogP contribution in [0.1, 0.15) is 36.5 Å². The summed E-state index contributed by atoms with van der Waals surface area (Å²) in [5.74, 6) is -3.27.